The molecule has 0 N–H and O–H groups in total. The van der Waals surface area contributed by atoms with Gasteiger partial charge in [0.15, 0.2) is 5.78 Å². The molecule has 0 aromatic rings. The summed E-state index contributed by atoms with van der Waals surface area (Å²) in [5, 5.41) is 0. The first-order chi connectivity index (χ1) is 11.0. The second-order valence-corrected chi connectivity index (χ2v) is 7.13. The molecule has 0 aromatic carbocycles. The number of hydrogen-bond donors (Lipinski definition) is 0. The lowest BCUT2D eigenvalue weighted by Crippen LogP contribution is -2.19. The molecule has 23 heavy (non-hydrogen) atoms. The molecular weight excluding hydrogens is 284 g/mol. The molecule has 0 fully saturated rings. The molecular formula is C21H34O2. The standard InChI is InChI=1S/C21H34O2/c1-5-9-20(22)15-18(3)11-8-10-17(2)14-19(4)16-21-12-6-7-13-23-21/h5-7,9,18-19,21H,2,8,10-16H2,1,3-4H3/b9-5-. The van der Waals surface area contributed by atoms with Crippen LogP contribution in [0, 0.1) is 11.8 Å². The van der Waals surface area contributed by atoms with Crippen molar-refractivity contribution >= 4 is 5.78 Å². The molecule has 1 heterocycles. The number of carbonyl (C=O) groups excluding carboxylic acids is 1. The van der Waals surface area contributed by atoms with Crippen molar-refractivity contribution in [2.75, 3.05) is 6.61 Å². The van der Waals surface area contributed by atoms with E-state index >= 15 is 0 Å². The van der Waals surface area contributed by atoms with Crippen molar-refractivity contribution in [3.05, 3.63) is 36.5 Å². The van der Waals surface area contributed by atoms with Crippen LogP contribution in [0.2, 0.25) is 0 Å². The molecule has 2 heteroatoms. The summed E-state index contributed by atoms with van der Waals surface area (Å²) in [7, 11) is 0. The van der Waals surface area contributed by atoms with Gasteiger partial charge in [0.05, 0.1) is 12.7 Å². The van der Waals surface area contributed by atoms with Gasteiger partial charge >= 0.3 is 0 Å². The summed E-state index contributed by atoms with van der Waals surface area (Å²) in [6.07, 6.45) is 15.5. The Morgan fingerprint density at radius 1 is 1.30 bits per heavy atom. The van der Waals surface area contributed by atoms with Crippen molar-refractivity contribution < 1.29 is 9.53 Å². The summed E-state index contributed by atoms with van der Waals surface area (Å²) in [6.45, 7) is 11.4. The zero-order valence-electron chi connectivity index (χ0n) is 15.2. The van der Waals surface area contributed by atoms with E-state index in [2.05, 4.69) is 32.6 Å². The summed E-state index contributed by atoms with van der Waals surface area (Å²) in [4.78, 5) is 11.6. The van der Waals surface area contributed by atoms with Gasteiger partial charge < -0.3 is 4.74 Å². The fourth-order valence-electron chi connectivity index (χ4n) is 3.27. The highest BCUT2D eigenvalue weighted by Crippen LogP contribution is 2.24. The lowest BCUT2D eigenvalue weighted by atomic mass is 9.91. The van der Waals surface area contributed by atoms with Gasteiger partial charge in [-0.2, -0.15) is 0 Å². The number of ether oxygens (including phenoxy) is 1. The van der Waals surface area contributed by atoms with Crippen LogP contribution in [0.4, 0.5) is 0 Å². The minimum Gasteiger partial charge on any atom is -0.374 e. The number of allylic oxidation sites excluding steroid dienone is 3. The molecule has 1 aliphatic rings. The van der Waals surface area contributed by atoms with Crippen LogP contribution in [0.15, 0.2) is 36.5 Å². The first-order valence-corrected chi connectivity index (χ1v) is 9.10. The van der Waals surface area contributed by atoms with Crippen LogP contribution >= 0.6 is 0 Å². The molecule has 0 saturated heterocycles. The maximum absolute atomic E-state index is 11.6. The van der Waals surface area contributed by atoms with E-state index in [-0.39, 0.29) is 5.78 Å². The van der Waals surface area contributed by atoms with Crippen LogP contribution in [-0.2, 0) is 9.53 Å². The summed E-state index contributed by atoms with van der Waals surface area (Å²) in [5.74, 6) is 1.34. The van der Waals surface area contributed by atoms with Crippen molar-refractivity contribution in [2.45, 2.75) is 71.8 Å². The van der Waals surface area contributed by atoms with E-state index in [4.69, 9.17) is 4.74 Å². The van der Waals surface area contributed by atoms with Gasteiger partial charge in [-0.3, -0.25) is 4.79 Å². The third kappa shape index (κ3) is 9.55. The van der Waals surface area contributed by atoms with Crippen LogP contribution in [-0.4, -0.2) is 18.5 Å². The maximum atomic E-state index is 11.6. The SMILES string of the molecule is C=C(CCCC(C)CC(=O)/C=C\C)CC(C)CC1CC=CCO1. The highest BCUT2D eigenvalue weighted by molar-refractivity contribution is 5.89. The van der Waals surface area contributed by atoms with Gasteiger partial charge in [-0.15, -0.1) is 0 Å². The van der Waals surface area contributed by atoms with E-state index in [1.807, 2.05) is 13.0 Å². The highest BCUT2D eigenvalue weighted by Gasteiger charge is 2.15. The van der Waals surface area contributed by atoms with Crippen molar-refractivity contribution in [3.8, 4) is 0 Å². The van der Waals surface area contributed by atoms with Gasteiger partial charge in [0.1, 0.15) is 0 Å². The molecule has 2 nitrogen and oxygen atoms in total. The minimum absolute atomic E-state index is 0.244. The lowest BCUT2D eigenvalue weighted by molar-refractivity contribution is -0.115. The van der Waals surface area contributed by atoms with Gasteiger partial charge in [-0.25, -0.2) is 0 Å². The monoisotopic (exact) mass is 318 g/mol. The third-order valence-corrected chi connectivity index (χ3v) is 4.43. The van der Waals surface area contributed by atoms with E-state index in [1.54, 1.807) is 6.08 Å². The molecule has 0 aliphatic carbocycles. The Kier molecular flexibility index (Phi) is 9.86. The van der Waals surface area contributed by atoms with Gasteiger partial charge in [-0.05, 0) is 63.4 Å². The topological polar surface area (TPSA) is 26.3 Å². The summed E-state index contributed by atoms with van der Waals surface area (Å²) < 4.78 is 5.75. The Balaban J connectivity index is 2.13. The normalized spacial score (nSPS) is 20.6. The van der Waals surface area contributed by atoms with Crippen molar-refractivity contribution in [1.82, 2.24) is 0 Å². The zero-order valence-corrected chi connectivity index (χ0v) is 15.2. The Morgan fingerprint density at radius 3 is 2.74 bits per heavy atom. The predicted octanol–water partition coefficient (Wildman–Crippen LogP) is 5.65. The second kappa shape index (κ2) is 11.4. The van der Waals surface area contributed by atoms with Crippen LogP contribution < -0.4 is 0 Å². The smallest absolute Gasteiger partial charge is 0.155 e. The molecule has 1 rings (SSSR count). The Bertz CT molecular complexity index is 420. The lowest BCUT2D eigenvalue weighted by Gasteiger charge is -2.23. The fraction of sp³-hybridized carbons (Fsp3) is 0.667. The minimum atomic E-state index is 0.244. The summed E-state index contributed by atoms with van der Waals surface area (Å²) in [6, 6.07) is 0. The molecule has 0 saturated carbocycles. The fourth-order valence-corrected chi connectivity index (χ4v) is 3.27. The summed E-state index contributed by atoms with van der Waals surface area (Å²) in [5.41, 5.74) is 1.34. The number of rotatable bonds is 11. The van der Waals surface area contributed by atoms with Crippen molar-refractivity contribution in [1.29, 1.82) is 0 Å². The van der Waals surface area contributed by atoms with E-state index in [0.29, 0.717) is 24.4 Å². The average molecular weight is 319 g/mol. The Morgan fingerprint density at radius 2 is 2.09 bits per heavy atom. The first kappa shape index (κ1) is 19.9. The van der Waals surface area contributed by atoms with E-state index < -0.39 is 0 Å². The first-order valence-electron chi connectivity index (χ1n) is 9.10. The van der Waals surface area contributed by atoms with E-state index in [1.165, 1.54) is 5.57 Å². The van der Waals surface area contributed by atoms with E-state index in [9.17, 15) is 4.79 Å². The molecule has 3 unspecified atom stereocenters. The number of ketones is 1. The highest BCUT2D eigenvalue weighted by atomic mass is 16.5. The average Bonchev–Trinajstić information content (AvgIpc) is 2.48. The molecule has 0 bridgehead atoms. The molecule has 0 amide bonds. The quantitative estimate of drug-likeness (QED) is 0.364. The molecule has 0 radical (unpaired) electrons. The molecule has 1 aliphatic heterocycles. The Hall–Kier alpha value is -1.15. The Labute approximate surface area is 142 Å². The van der Waals surface area contributed by atoms with Gasteiger partial charge in [0, 0.05) is 6.42 Å². The van der Waals surface area contributed by atoms with Crippen LogP contribution in [0.5, 0.6) is 0 Å². The van der Waals surface area contributed by atoms with Crippen LogP contribution in [0.25, 0.3) is 0 Å². The molecule has 0 aromatic heterocycles. The predicted molar refractivity (Wildman–Crippen MR) is 98.5 cm³/mol. The van der Waals surface area contributed by atoms with Crippen LogP contribution in [0.3, 0.4) is 0 Å². The largest absolute Gasteiger partial charge is 0.374 e. The van der Waals surface area contributed by atoms with Gasteiger partial charge in [0.2, 0.25) is 0 Å². The zero-order chi connectivity index (χ0) is 17.1. The second-order valence-electron chi connectivity index (χ2n) is 7.13. The number of carbonyl (C=O) groups is 1. The van der Waals surface area contributed by atoms with Crippen molar-refractivity contribution in [2.24, 2.45) is 11.8 Å². The number of hydrogen-bond acceptors (Lipinski definition) is 2. The summed E-state index contributed by atoms with van der Waals surface area (Å²) >= 11 is 0. The molecule has 0 spiro atoms. The van der Waals surface area contributed by atoms with Crippen LogP contribution in [0.1, 0.15) is 65.7 Å². The van der Waals surface area contributed by atoms with Gasteiger partial charge in [0.25, 0.3) is 0 Å². The van der Waals surface area contributed by atoms with E-state index in [0.717, 1.165) is 45.1 Å². The third-order valence-electron chi connectivity index (χ3n) is 4.43. The van der Waals surface area contributed by atoms with Gasteiger partial charge in [-0.1, -0.05) is 44.2 Å². The van der Waals surface area contributed by atoms with Crippen molar-refractivity contribution in [3.63, 3.8) is 0 Å². The maximum Gasteiger partial charge on any atom is 0.155 e. The molecule has 130 valence electrons. The molecule has 3 atom stereocenters.